The maximum Gasteiger partial charge on any atom is 0.147 e. The lowest BCUT2D eigenvalue weighted by molar-refractivity contribution is 0.263. The van der Waals surface area contributed by atoms with Gasteiger partial charge in [0.05, 0.1) is 12.6 Å². The molecular weight excluding hydrogens is 130 g/mol. The SMILES string of the molecule is NC(CO)c1ncccn1. The van der Waals surface area contributed by atoms with E-state index in [1.165, 1.54) is 0 Å². The van der Waals surface area contributed by atoms with Crippen molar-refractivity contribution in [2.24, 2.45) is 5.73 Å². The quantitative estimate of drug-likeness (QED) is 0.577. The number of hydrogen-bond acceptors (Lipinski definition) is 4. The van der Waals surface area contributed by atoms with Gasteiger partial charge in [0.15, 0.2) is 0 Å². The summed E-state index contributed by atoms with van der Waals surface area (Å²) in [7, 11) is 0. The van der Waals surface area contributed by atoms with E-state index in [-0.39, 0.29) is 6.61 Å². The van der Waals surface area contributed by atoms with Crippen LogP contribution in [-0.4, -0.2) is 21.7 Å². The highest BCUT2D eigenvalue weighted by atomic mass is 16.3. The zero-order valence-corrected chi connectivity index (χ0v) is 5.44. The van der Waals surface area contributed by atoms with E-state index in [4.69, 9.17) is 10.8 Å². The molecule has 54 valence electrons. The van der Waals surface area contributed by atoms with E-state index in [2.05, 4.69) is 9.97 Å². The highest BCUT2D eigenvalue weighted by molar-refractivity contribution is 4.93. The summed E-state index contributed by atoms with van der Waals surface area (Å²) >= 11 is 0. The molecule has 1 heterocycles. The summed E-state index contributed by atoms with van der Waals surface area (Å²) in [6.45, 7) is -0.121. The number of rotatable bonds is 2. The Labute approximate surface area is 58.7 Å². The van der Waals surface area contributed by atoms with Gasteiger partial charge in [-0.1, -0.05) is 0 Å². The predicted molar refractivity (Wildman–Crippen MR) is 36.0 cm³/mol. The summed E-state index contributed by atoms with van der Waals surface area (Å²) in [6.07, 6.45) is 3.19. The fraction of sp³-hybridized carbons (Fsp3) is 0.333. The van der Waals surface area contributed by atoms with Crippen molar-refractivity contribution >= 4 is 0 Å². The third-order valence-corrected chi connectivity index (χ3v) is 1.11. The molecule has 4 nitrogen and oxygen atoms in total. The van der Waals surface area contributed by atoms with Gasteiger partial charge in [0.2, 0.25) is 0 Å². The molecule has 0 saturated heterocycles. The average molecular weight is 139 g/mol. The highest BCUT2D eigenvalue weighted by Gasteiger charge is 2.04. The van der Waals surface area contributed by atoms with Crippen LogP contribution in [0.1, 0.15) is 11.9 Å². The lowest BCUT2D eigenvalue weighted by Crippen LogP contribution is -2.17. The molecule has 3 N–H and O–H groups in total. The molecule has 0 amide bonds. The molecule has 4 heteroatoms. The fourth-order valence-corrected chi connectivity index (χ4v) is 0.584. The minimum absolute atomic E-state index is 0.121. The molecule has 1 aromatic rings. The standard InChI is InChI=1S/C6H9N3O/c7-5(4-10)6-8-2-1-3-9-6/h1-3,5,10H,4,7H2. The van der Waals surface area contributed by atoms with Gasteiger partial charge >= 0.3 is 0 Å². The Morgan fingerprint density at radius 1 is 1.50 bits per heavy atom. The Kier molecular flexibility index (Phi) is 2.30. The molecule has 0 saturated carbocycles. The summed E-state index contributed by atoms with van der Waals surface area (Å²) in [5, 5.41) is 8.58. The second kappa shape index (κ2) is 3.24. The van der Waals surface area contributed by atoms with E-state index in [1.54, 1.807) is 18.5 Å². The van der Waals surface area contributed by atoms with Crippen LogP contribution >= 0.6 is 0 Å². The molecule has 0 bridgehead atoms. The zero-order valence-electron chi connectivity index (χ0n) is 5.44. The Bertz CT molecular complexity index is 189. The average Bonchev–Trinajstić information content (AvgIpc) is 2.05. The van der Waals surface area contributed by atoms with Crippen molar-refractivity contribution in [1.29, 1.82) is 0 Å². The second-order valence-corrected chi connectivity index (χ2v) is 1.90. The van der Waals surface area contributed by atoms with E-state index >= 15 is 0 Å². The van der Waals surface area contributed by atoms with Gasteiger partial charge in [-0.25, -0.2) is 9.97 Å². The van der Waals surface area contributed by atoms with Crippen LogP contribution in [0.2, 0.25) is 0 Å². The van der Waals surface area contributed by atoms with E-state index < -0.39 is 6.04 Å². The monoisotopic (exact) mass is 139 g/mol. The number of hydrogen-bond donors (Lipinski definition) is 2. The first-order valence-corrected chi connectivity index (χ1v) is 2.98. The number of aromatic nitrogens is 2. The molecule has 0 aromatic carbocycles. The van der Waals surface area contributed by atoms with Crippen molar-refractivity contribution in [3.8, 4) is 0 Å². The lowest BCUT2D eigenvalue weighted by atomic mass is 10.3. The van der Waals surface area contributed by atoms with Crippen LogP contribution < -0.4 is 5.73 Å². The molecule has 1 unspecified atom stereocenters. The van der Waals surface area contributed by atoms with Gasteiger partial charge in [-0.15, -0.1) is 0 Å². The van der Waals surface area contributed by atoms with E-state index in [0.29, 0.717) is 5.82 Å². The number of nitrogens with zero attached hydrogens (tertiary/aromatic N) is 2. The van der Waals surface area contributed by atoms with Gasteiger partial charge < -0.3 is 10.8 Å². The van der Waals surface area contributed by atoms with Crippen LogP contribution in [-0.2, 0) is 0 Å². The molecular formula is C6H9N3O. The minimum atomic E-state index is -0.457. The molecule has 0 spiro atoms. The minimum Gasteiger partial charge on any atom is -0.394 e. The first-order valence-electron chi connectivity index (χ1n) is 2.98. The highest BCUT2D eigenvalue weighted by Crippen LogP contribution is 1.98. The van der Waals surface area contributed by atoms with Gasteiger partial charge in [-0.2, -0.15) is 0 Å². The normalized spacial score (nSPS) is 13.0. The van der Waals surface area contributed by atoms with Crippen molar-refractivity contribution in [1.82, 2.24) is 9.97 Å². The van der Waals surface area contributed by atoms with E-state index in [0.717, 1.165) is 0 Å². The molecule has 0 aliphatic rings. The molecule has 0 aliphatic heterocycles. The predicted octanol–water partition coefficient (Wildman–Crippen LogP) is -0.531. The van der Waals surface area contributed by atoms with E-state index in [9.17, 15) is 0 Å². The first kappa shape index (κ1) is 7.11. The van der Waals surface area contributed by atoms with Gasteiger partial charge in [0, 0.05) is 12.4 Å². The topological polar surface area (TPSA) is 72.0 Å². The van der Waals surface area contributed by atoms with E-state index in [1.807, 2.05) is 0 Å². The summed E-state index contributed by atoms with van der Waals surface area (Å²) < 4.78 is 0. The Balaban J connectivity index is 2.75. The molecule has 1 aromatic heterocycles. The Morgan fingerprint density at radius 3 is 2.60 bits per heavy atom. The maximum absolute atomic E-state index is 8.58. The lowest BCUT2D eigenvalue weighted by Gasteiger charge is -2.03. The van der Waals surface area contributed by atoms with Gasteiger partial charge in [-0.3, -0.25) is 0 Å². The van der Waals surface area contributed by atoms with Crippen LogP contribution in [0.25, 0.3) is 0 Å². The number of nitrogens with two attached hydrogens (primary N) is 1. The largest absolute Gasteiger partial charge is 0.394 e. The van der Waals surface area contributed by atoms with Gasteiger partial charge in [0.1, 0.15) is 5.82 Å². The van der Waals surface area contributed by atoms with Gasteiger partial charge in [0.25, 0.3) is 0 Å². The van der Waals surface area contributed by atoms with Crippen molar-refractivity contribution < 1.29 is 5.11 Å². The third kappa shape index (κ3) is 1.49. The zero-order chi connectivity index (χ0) is 7.40. The Morgan fingerprint density at radius 2 is 2.10 bits per heavy atom. The molecule has 0 aliphatic carbocycles. The maximum atomic E-state index is 8.58. The molecule has 10 heavy (non-hydrogen) atoms. The van der Waals surface area contributed by atoms with Crippen LogP contribution in [0.5, 0.6) is 0 Å². The number of aliphatic hydroxyl groups is 1. The molecule has 1 atom stereocenters. The van der Waals surface area contributed by atoms with Crippen molar-refractivity contribution in [3.05, 3.63) is 24.3 Å². The smallest absolute Gasteiger partial charge is 0.147 e. The second-order valence-electron chi connectivity index (χ2n) is 1.90. The van der Waals surface area contributed by atoms with Crippen LogP contribution in [0.3, 0.4) is 0 Å². The van der Waals surface area contributed by atoms with Crippen molar-refractivity contribution in [3.63, 3.8) is 0 Å². The van der Waals surface area contributed by atoms with Crippen LogP contribution in [0, 0.1) is 0 Å². The van der Waals surface area contributed by atoms with Crippen molar-refractivity contribution in [2.75, 3.05) is 6.61 Å². The van der Waals surface area contributed by atoms with Gasteiger partial charge in [-0.05, 0) is 6.07 Å². The summed E-state index contributed by atoms with van der Waals surface area (Å²) in [5.74, 6) is 0.477. The molecule has 0 fully saturated rings. The summed E-state index contributed by atoms with van der Waals surface area (Å²) in [6, 6.07) is 1.24. The summed E-state index contributed by atoms with van der Waals surface area (Å²) in [5.41, 5.74) is 5.42. The first-order chi connectivity index (χ1) is 4.84. The third-order valence-electron chi connectivity index (χ3n) is 1.11. The Hall–Kier alpha value is -1.00. The van der Waals surface area contributed by atoms with Crippen LogP contribution in [0.15, 0.2) is 18.5 Å². The fourth-order valence-electron chi connectivity index (χ4n) is 0.584. The van der Waals surface area contributed by atoms with Crippen molar-refractivity contribution in [2.45, 2.75) is 6.04 Å². The summed E-state index contributed by atoms with van der Waals surface area (Å²) in [4.78, 5) is 7.71. The number of aliphatic hydroxyl groups excluding tert-OH is 1. The molecule has 1 rings (SSSR count). The molecule has 0 radical (unpaired) electrons. The van der Waals surface area contributed by atoms with Crippen LogP contribution in [0.4, 0.5) is 0 Å².